The van der Waals surface area contributed by atoms with E-state index in [9.17, 15) is 48.3 Å². The molecule has 0 aliphatic carbocycles. The average Bonchev–Trinajstić information content (AvgIpc) is 2.99. The molecule has 0 amide bonds. The first-order valence-electron chi connectivity index (χ1n) is 12.8. The minimum absolute atomic E-state index is 0.0654. The molecule has 21 nitrogen and oxygen atoms in total. The van der Waals surface area contributed by atoms with Gasteiger partial charge >= 0.3 is 52.0 Å². The number of carbonyl (C=O) groups is 3. The standard InChI is InChI=1S/C23H32N6O15/c1-14(13-31)44-17(34)12-29-22(39)27(10-15(32)42-3)21(38)28(23(29)40)11-16(33)43-9-6-26-19(36)24(4-7-30)18(35)25(20(26)37)5-8-41-2/h14,30-31H,4-13H2,1-3H3. The molecule has 44 heavy (non-hydrogen) atoms. The fourth-order valence-corrected chi connectivity index (χ4v) is 3.67. The zero-order valence-corrected chi connectivity index (χ0v) is 24.0. The molecule has 0 saturated heterocycles. The van der Waals surface area contributed by atoms with Crippen LogP contribution in [0.4, 0.5) is 0 Å². The van der Waals surface area contributed by atoms with Crippen molar-refractivity contribution in [3.63, 3.8) is 0 Å². The highest BCUT2D eigenvalue weighted by molar-refractivity contribution is 5.70. The zero-order chi connectivity index (χ0) is 33.1. The third-order valence-corrected chi connectivity index (χ3v) is 5.87. The normalized spacial score (nSPS) is 11.7. The molecule has 0 saturated carbocycles. The van der Waals surface area contributed by atoms with E-state index in [2.05, 4.69) is 4.74 Å². The number of hydrogen-bond donors (Lipinski definition) is 2. The van der Waals surface area contributed by atoms with Crippen LogP contribution in [-0.4, -0.2) is 102 Å². The fraction of sp³-hybridized carbons (Fsp3) is 0.609. The van der Waals surface area contributed by atoms with Crippen LogP contribution in [0.15, 0.2) is 28.8 Å². The topological polar surface area (TPSA) is 261 Å². The molecule has 0 fully saturated rings. The van der Waals surface area contributed by atoms with Crippen molar-refractivity contribution in [2.45, 2.75) is 52.3 Å². The Labute approximate surface area is 245 Å². The van der Waals surface area contributed by atoms with Crippen LogP contribution in [0.1, 0.15) is 6.92 Å². The number of hydrogen-bond acceptors (Lipinski definition) is 15. The van der Waals surface area contributed by atoms with Gasteiger partial charge in [0.1, 0.15) is 32.3 Å². The van der Waals surface area contributed by atoms with Gasteiger partial charge in [0.2, 0.25) is 0 Å². The Morgan fingerprint density at radius 2 is 1.02 bits per heavy atom. The summed E-state index contributed by atoms with van der Waals surface area (Å²) in [6.45, 7) is -5.05. The van der Waals surface area contributed by atoms with E-state index >= 15 is 0 Å². The lowest BCUT2D eigenvalue weighted by atomic mass is 10.4. The smallest absolute Gasteiger partial charge is 0.337 e. The van der Waals surface area contributed by atoms with Crippen molar-refractivity contribution in [2.75, 3.05) is 40.6 Å². The Hall–Kier alpha value is -4.89. The number of aromatic nitrogens is 6. The van der Waals surface area contributed by atoms with Gasteiger partial charge in [-0.15, -0.1) is 0 Å². The van der Waals surface area contributed by atoms with Gasteiger partial charge in [0.15, 0.2) is 0 Å². The number of aliphatic hydroxyl groups is 2. The van der Waals surface area contributed by atoms with Gasteiger partial charge in [0, 0.05) is 7.11 Å². The molecule has 21 heteroatoms. The van der Waals surface area contributed by atoms with E-state index in [0.717, 1.165) is 7.11 Å². The molecule has 0 spiro atoms. The molecule has 2 N–H and O–H groups in total. The summed E-state index contributed by atoms with van der Waals surface area (Å²) >= 11 is 0. The van der Waals surface area contributed by atoms with Crippen molar-refractivity contribution >= 4 is 17.9 Å². The van der Waals surface area contributed by atoms with Crippen LogP contribution in [0.25, 0.3) is 0 Å². The number of methoxy groups -OCH3 is 2. The number of carbonyl (C=O) groups excluding carboxylic acids is 3. The number of ether oxygens (including phenoxy) is 4. The molecule has 2 rings (SSSR count). The second-order valence-electron chi connectivity index (χ2n) is 8.90. The van der Waals surface area contributed by atoms with Gasteiger partial charge in [0.05, 0.1) is 46.6 Å². The number of nitrogens with zero attached hydrogens (tertiary/aromatic N) is 6. The third-order valence-electron chi connectivity index (χ3n) is 5.87. The second-order valence-corrected chi connectivity index (χ2v) is 8.90. The van der Waals surface area contributed by atoms with Crippen LogP contribution in [0, 0.1) is 0 Å². The van der Waals surface area contributed by atoms with Gasteiger partial charge in [-0.1, -0.05) is 0 Å². The summed E-state index contributed by atoms with van der Waals surface area (Å²) in [4.78, 5) is 113. The Morgan fingerprint density at radius 1 is 0.614 bits per heavy atom. The highest BCUT2D eigenvalue weighted by Crippen LogP contribution is 1.92. The predicted molar refractivity (Wildman–Crippen MR) is 143 cm³/mol. The maximum absolute atomic E-state index is 13.0. The van der Waals surface area contributed by atoms with Crippen molar-refractivity contribution in [3.8, 4) is 0 Å². The number of aliphatic hydroxyl groups excluding tert-OH is 2. The molecule has 2 aromatic rings. The highest BCUT2D eigenvalue weighted by Gasteiger charge is 2.23. The summed E-state index contributed by atoms with van der Waals surface area (Å²) in [7, 11) is 2.28. The molecule has 0 aromatic carbocycles. The molecule has 0 aliphatic heterocycles. The van der Waals surface area contributed by atoms with Crippen LogP contribution < -0.4 is 34.1 Å². The summed E-state index contributed by atoms with van der Waals surface area (Å²) in [6.07, 6.45) is -1.00. The van der Waals surface area contributed by atoms with Gasteiger partial charge in [0.25, 0.3) is 0 Å². The molecule has 0 aliphatic rings. The van der Waals surface area contributed by atoms with E-state index < -0.39 is 111 Å². The van der Waals surface area contributed by atoms with E-state index in [-0.39, 0.29) is 26.9 Å². The maximum atomic E-state index is 13.0. The lowest BCUT2D eigenvalue weighted by Crippen LogP contribution is -2.56. The third kappa shape index (κ3) is 8.35. The summed E-state index contributed by atoms with van der Waals surface area (Å²) in [5.74, 6) is -3.51. The molecule has 0 radical (unpaired) electrons. The maximum Gasteiger partial charge on any atom is 0.337 e. The lowest BCUT2D eigenvalue weighted by Gasteiger charge is -2.15. The molecule has 244 valence electrons. The lowest BCUT2D eigenvalue weighted by molar-refractivity contribution is -0.151. The van der Waals surface area contributed by atoms with E-state index in [1.807, 2.05) is 0 Å². The summed E-state index contributed by atoms with van der Waals surface area (Å²) in [5, 5.41) is 18.3. The van der Waals surface area contributed by atoms with Gasteiger partial charge in [-0.05, 0) is 6.92 Å². The first-order valence-corrected chi connectivity index (χ1v) is 12.8. The fourth-order valence-electron chi connectivity index (χ4n) is 3.67. The zero-order valence-electron chi connectivity index (χ0n) is 24.0. The molecule has 2 aromatic heterocycles. The van der Waals surface area contributed by atoms with Crippen LogP contribution in [0.5, 0.6) is 0 Å². The van der Waals surface area contributed by atoms with Crippen molar-refractivity contribution in [1.82, 2.24) is 27.4 Å². The van der Waals surface area contributed by atoms with Crippen LogP contribution >= 0.6 is 0 Å². The molecular formula is C23H32N6O15. The second kappa shape index (κ2) is 16.1. The highest BCUT2D eigenvalue weighted by atomic mass is 16.6. The minimum atomic E-state index is -1.44. The molecule has 1 atom stereocenters. The SMILES string of the molecule is COCCn1c(=O)n(CCO)c(=O)n(CCOC(=O)Cn2c(=O)n(CC(=O)OC)c(=O)n(CC(=O)OC(C)CO)c2=O)c1=O. The quantitative estimate of drug-likeness (QED) is 0.129. The Bertz CT molecular complexity index is 1720. The minimum Gasteiger partial charge on any atom is -0.468 e. The van der Waals surface area contributed by atoms with Crippen LogP contribution in [0.2, 0.25) is 0 Å². The first-order chi connectivity index (χ1) is 20.8. The van der Waals surface area contributed by atoms with Crippen LogP contribution in [-0.2, 0) is 72.6 Å². The van der Waals surface area contributed by atoms with Gasteiger partial charge in [-0.2, -0.15) is 0 Å². The van der Waals surface area contributed by atoms with Crippen molar-refractivity contribution in [3.05, 3.63) is 62.9 Å². The Kier molecular flexibility index (Phi) is 12.9. The molecular weight excluding hydrogens is 600 g/mol. The van der Waals surface area contributed by atoms with Crippen molar-refractivity contribution in [1.29, 1.82) is 0 Å². The number of esters is 3. The van der Waals surface area contributed by atoms with Gasteiger partial charge < -0.3 is 29.2 Å². The summed E-state index contributed by atoms with van der Waals surface area (Å²) < 4.78 is 21.6. The molecule has 2 heterocycles. The van der Waals surface area contributed by atoms with Gasteiger partial charge in [-0.25, -0.2) is 56.2 Å². The van der Waals surface area contributed by atoms with Gasteiger partial charge in [-0.3, -0.25) is 14.4 Å². The molecule has 0 bridgehead atoms. The Morgan fingerprint density at radius 3 is 1.45 bits per heavy atom. The summed E-state index contributed by atoms with van der Waals surface area (Å²) in [6, 6.07) is 0. The average molecular weight is 633 g/mol. The van der Waals surface area contributed by atoms with E-state index in [1.165, 1.54) is 14.0 Å². The Balaban J connectivity index is 2.40. The summed E-state index contributed by atoms with van der Waals surface area (Å²) in [5.41, 5.74) is -7.42. The van der Waals surface area contributed by atoms with E-state index in [1.54, 1.807) is 0 Å². The number of rotatable bonds is 16. The first kappa shape index (κ1) is 35.3. The largest absolute Gasteiger partial charge is 0.468 e. The van der Waals surface area contributed by atoms with E-state index in [0.29, 0.717) is 13.7 Å². The van der Waals surface area contributed by atoms with Crippen molar-refractivity contribution < 1.29 is 43.5 Å². The van der Waals surface area contributed by atoms with Crippen molar-refractivity contribution in [2.24, 2.45) is 0 Å². The predicted octanol–water partition coefficient (Wildman–Crippen LogP) is -6.36. The van der Waals surface area contributed by atoms with E-state index in [4.69, 9.17) is 19.3 Å². The monoisotopic (exact) mass is 632 g/mol. The molecule has 1 unspecified atom stereocenters. The van der Waals surface area contributed by atoms with Crippen LogP contribution in [0.3, 0.4) is 0 Å².